The molecule has 1 nitrogen and oxygen atoms in total. The summed E-state index contributed by atoms with van der Waals surface area (Å²) >= 11 is 1.92. The van der Waals surface area contributed by atoms with Crippen LogP contribution in [-0.4, -0.2) is 11.7 Å². The Morgan fingerprint density at radius 2 is 1.50 bits per heavy atom. The molecule has 102 valence electrons. The fraction of sp³-hybridized carbons (Fsp3) is 0.222. The first-order valence-corrected chi connectivity index (χ1v) is 7.84. The Morgan fingerprint density at radius 3 is 2.15 bits per heavy atom. The average Bonchev–Trinajstić information content (AvgIpc) is 2.50. The number of benzene rings is 2. The first kappa shape index (κ1) is 14.7. The summed E-state index contributed by atoms with van der Waals surface area (Å²) < 4.78 is 0. The lowest BCUT2D eigenvalue weighted by atomic mass is 10.1. The summed E-state index contributed by atoms with van der Waals surface area (Å²) in [4.78, 5) is 0. The van der Waals surface area contributed by atoms with Gasteiger partial charge in [-0.1, -0.05) is 54.3 Å². The van der Waals surface area contributed by atoms with E-state index in [4.69, 9.17) is 5.11 Å². The average molecular weight is 282 g/mol. The summed E-state index contributed by atoms with van der Waals surface area (Å²) in [5.74, 6) is 8.02. The van der Waals surface area contributed by atoms with Gasteiger partial charge in [0.05, 0.1) is 6.61 Å². The third kappa shape index (κ3) is 5.13. The quantitative estimate of drug-likeness (QED) is 0.841. The molecule has 2 aromatic carbocycles. The molecule has 2 heteroatoms. The minimum atomic E-state index is 0.126. The van der Waals surface area contributed by atoms with Crippen molar-refractivity contribution in [2.45, 2.75) is 17.9 Å². The molecular formula is C18H18OS. The van der Waals surface area contributed by atoms with Crippen LogP contribution in [0.25, 0.3) is 0 Å². The third-order valence-corrected chi connectivity index (χ3v) is 3.88. The van der Waals surface area contributed by atoms with Crippen LogP contribution in [0.5, 0.6) is 0 Å². The summed E-state index contributed by atoms with van der Waals surface area (Å²) in [6.07, 6.45) is 0.536. The van der Waals surface area contributed by atoms with Crippen LogP contribution in [0.3, 0.4) is 0 Å². The van der Waals surface area contributed by atoms with Gasteiger partial charge in [0.1, 0.15) is 0 Å². The van der Waals surface area contributed by atoms with Gasteiger partial charge in [-0.2, -0.15) is 11.8 Å². The van der Waals surface area contributed by atoms with Crippen LogP contribution in [-0.2, 0) is 11.5 Å². The molecule has 20 heavy (non-hydrogen) atoms. The summed E-state index contributed by atoms with van der Waals surface area (Å²) in [5.41, 5.74) is 3.69. The van der Waals surface area contributed by atoms with Crippen molar-refractivity contribution in [1.29, 1.82) is 0 Å². The maximum Gasteiger partial charge on any atom is 0.0540 e. The monoisotopic (exact) mass is 282 g/mol. The molecule has 2 aromatic rings. The third-order valence-electron chi connectivity index (χ3n) is 2.80. The lowest BCUT2D eigenvalue weighted by molar-refractivity contribution is 0.305. The zero-order valence-electron chi connectivity index (χ0n) is 11.4. The van der Waals surface area contributed by atoms with Crippen LogP contribution in [0.4, 0.5) is 0 Å². The van der Waals surface area contributed by atoms with Crippen LogP contribution < -0.4 is 0 Å². The molecule has 0 saturated heterocycles. The number of hydrogen-bond donors (Lipinski definition) is 1. The molecule has 0 aromatic heterocycles. The maximum atomic E-state index is 8.67. The van der Waals surface area contributed by atoms with E-state index in [1.165, 1.54) is 11.1 Å². The second-order valence-corrected chi connectivity index (χ2v) is 5.44. The van der Waals surface area contributed by atoms with Crippen LogP contribution in [0.15, 0.2) is 54.6 Å². The van der Waals surface area contributed by atoms with Crippen LogP contribution in [0.1, 0.15) is 23.1 Å². The van der Waals surface area contributed by atoms with Crippen molar-refractivity contribution in [1.82, 2.24) is 0 Å². The zero-order chi connectivity index (χ0) is 14.0. The Bertz CT molecular complexity index is 564. The highest BCUT2D eigenvalue weighted by Gasteiger charge is 1.95. The molecule has 0 fully saturated rings. The fourth-order valence-electron chi connectivity index (χ4n) is 1.77. The van der Waals surface area contributed by atoms with Crippen molar-refractivity contribution in [2.24, 2.45) is 0 Å². The summed E-state index contributed by atoms with van der Waals surface area (Å²) in [6, 6.07) is 18.9. The summed E-state index contributed by atoms with van der Waals surface area (Å²) in [6.45, 7) is 0.126. The number of aliphatic hydroxyl groups excluding tert-OH is 1. The highest BCUT2D eigenvalue weighted by atomic mass is 32.2. The van der Waals surface area contributed by atoms with E-state index in [-0.39, 0.29) is 6.61 Å². The first-order valence-electron chi connectivity index (χ1n) is 6.69. The maximum absolute atomic E-state index is 8.67. The molecule has 0 unspecified atom stereocenters. The van der Waals surface area contributed by atoms with Crippen LogP contribution >= 0.6 is 11.8 Å². The molecule has 0 bridgehead atoms. The smallest absolute Gasteiger partial charge is 0.0540 e. The van der Waals surface area contributed by atoms with Gasteiger partial charge in [-0.05, 0) is 23.3 Å². The van der Waals surface area contributed by atoms with Crippen LogP contribution in [0.2, 0.25) is 0 Å². The largest absolute Gasteiger partial charge is 0.395 e. The molecule has 0 aliphatic carbocycles. The van der Waals surface area contributed by atoms with Crippen molar-refractivity contribution in [3.05, 3.63) is 71.3 Å². The van der Waals surface area contributed by atoms with E-state index in [1.807, 2.05) is 30.0 Å². The Kier molecular flexibility index (Phi) is 6.23. The Labute approximate surface area is 125 Å². The molecule has 0 spiro atoms. The van der Waals surface area contributed by atoms with E-state index in [1.54, 1.807) is 0 Å². The van der Waals surface area contributed by atoms with Crippen molar-refractivity contribution in [3.8, 4) is 11.8 Å². The minimum absolute atomic E-state index is 0.126. The minimum Gasteiger partial charge on any atom is -0.395 e. The molecule has 1 N–H and O–H groups in total. The van der Waals surface area contributed by atoms with Crippen molar-refractivity contribution in [2.75, 3.05) is 6.61 Å². The van der Waals surface area contributed by atoms with E-state index >= 15 is 0 Å². The first-order chi connectivity index (χ1) is 9.88. The van der Waals surface area contributed by atoms with Crippen molar-refractivity contribution < 1.29 is 5.11 Å². The van der Waals surface area contributed by atoms with Gasteiger partial charge >= 0.3 is 0 Å². The molecule has 0 aliphatic heterocycles. The molecule has 0 radical (unpaired) electrons. The van der Waals surface area contributed by atoms with Crippen molar-refractivity contribution >= 4 is 11.8 Å². The summed E-state index contributed by atoms with van der Waals surface area (Å²) in [5, 5.41) is 8.67. The second-order valence-electron chi connectivity index (χ2n) is 4.45. The molecule has 0 atom stereocenters. The Morgan fingerprint density at radius 1 is 0.850 bits per heavy atom. The highest BCUT2D eigenvalue weighted by Crippen LogP contribution is 2.17. The highest BCUT2D eigenvalue weighted by molar-refractivity contribution is 7.97. The van der Waals surface area contributed by atoms with Crippen LogP contribution in [0, 0.1) is 11.8 Å². The number of hydrogen-bond acceptors (Lipinski definition) is 2. The zero-order valence-corrected chi connectivity index (χ0v) is 12.2. The second kappa shape index (κ2) is 8.47. The predicted octanol–water partition coefficient (Wildman–Crippen LogP) is 3.85. The molecular weight excluding hydrogens is 264 g/mol. The number of thioether (sulfide) groups is 1. The lowest BCUT2D eigenvalue weighted by Gasteiger charge is -2.02. The van der Waals surface area contributed by atoms with E-state index in [2.05, 4.69) is 48.2 Å². The molecule has 2 rings (SSSR count). The fourth-order valence-corrected chi connectivity index (χ4v) is 2.72. The van der Waals surface area contributed by atoms with Gasteiger partial charge in [0.25, 0.3) is 0 Å². The van der Waals surface area contributed by atoms with Gasteiger partial charge in [0.15, 0.2) is 0 Å². The normalized spacial score (nSPS) is 9.85. The molecule has 0 heterocycles. The molecule has 0 saturated carbocycles. The number of aliphatic hydroxyl groups is 1. The topological polar surface area (TPSA) is 20.2 Å². The Hall–Kier alpha value is -1.69. The van der Waals surface area contributed by atoms with Gasteiger partial charge in [-0.3, -0.25) is 0 Å². The van der Waals surface area contributed by atoms with E-state index in [0.717, 1.165) is 17.1 Å². The van der Waals surface area contributed by atoms with Crippen molar-refractivity contribution in [3.63, 3.8) is 0 Å². The molecule has 0 amide bonds. The van der Waals surface area contributed by atoms with Gasteiger partial charge < -0.3 is 5.11 Å². The van der Waals surface area contributed by atoms with Gasteiger partial charge in [-0.25, -0.2) is 0 Å². The van der Waals surface area contributed by atoms with E-state index in [0.29, 0.717) is 6.42 Å². The van der Waals surface area contributed by atoms with Gasteiger partial charge in [-0.15, -0.1) is 0 Å². The van der Waals surface area contributed by atoms with Gasteiger partial charge in [0.2, 0.25) is 0 Å². The standard InChI is InChI=1S/C18H18OS/c19-13-5-4-6-16-9-11-18(12-10-16)15-20-14-17-7-2-1-3-8-17/h1-3,7-12,19H,5,13-15H2. The summed E-state index contributed by atoms with van der Waals surface area (Å²) in [7, 11) is 0. The van der Waals surface area contributed by atoms with Gasteiger partial charge in [0, 0.05) is 23.5 Å². The predicted molar refractivity (Wildman–Crippen MR) is 86.5 cm³/mol. The number of rotatable bonds is 5. The van der Waals surface area contributed by atoms with E-state index < -0.39 is 0 Å². The molecule has 0 aliphatic rings. The van der Waals surface area contributed by atoms with E-state index in [9.17, 15) is 0 Å². The SMILES string of the molecule is OCCC#Cc1ccc(CSCc2ccccc2)cc1. The Balaban J connectivity index is 1.81. The lowest BCUT2D eigenvalue weighted by Crippen LogP contribution is -1.84.